The number of benzene rings is 1. The molecule has 1 heterocycles. The number of carbonyl (C=O) groups is 2. The Labute approximate surface area is 133 Å². The number of carboxylic acids is 1. The number of carboxylic acid groups (broad SMARTS) is 1. The van der Waals surface area contributed by atoms with Crippen LogP contribution in [0.4, 0.5) is 0 Å². The number of carbonyl (C=O) groups excluding carboxylic acids is 1. The number of aryl methyl sites for hydroxylation is 1. The van der Waals surface area contributed by atoms with Gasteiger partial charge in [-0.15, -0.1) is 0 Å². The number of likely N-dealkylation sites (tertiary alicyclic amines) is 1. The third kappa shape index (κ3) is 3.33. The molecule has 1 atom stereocenters. The minimum absolute atomic E-state index is 0.136. The average molecular weight is 330 g/mol. The minimum Gasteiger partial charge on any atom is -0.480 e. The Kier molecular flexibility index (Phi) is 4.79. The van der Waals surface area contributed by atoms with E-state index in [9.17, 15) is 14.7 Å². The highest BCUT2D eigenvalue weighted by Crippen LogP contribution is 2.30. The Morgan fingerprint density at radius 2 is 2.05 bits per heavy atom. The van der Waals surface area contributed by atoms with Crippen LogP contribution < -0.4 is 0 Å². The van der Waals surface area contributed by atoms with E-state index in [0.717, 1.165) is 12.0 Å². The second-order valence-electron chi connectivity index (χ2n) is 5.48. The Bertz CT molecular complexity index is 576. The lowest BCUT2D eigenvalue weighted by molar-refractivity contribution is -0.155. The van der Waals surface area contributed by atoms with E-state index in [4.69, 9.17) is 23.2 Å². The first-order chi connectivity index (χ1) is 9.84. The van der Waals surface area contributed by atoms with Crippen molar-refractivity contribution in [1.29, 1.82) is 0 Å². The third-order valence-corrected chi connectivity index (χ3v) is 4.75. The fraction of sp³-hybridized carbons (Fsp3) is 0.467. The number of hydrogen-bond donors (Lipinski definition) is 1. The number of rotatable bonds is 4. The summed E-state index contributed by atoms with van der Waals surface area (Å²) in [6.07, 6.45) is 2.00. The second kappa shape index (κ2) is 6.24. The molecule has 1 fully saturated rings. The van der Waals surface area contributed by atoms with E-state index in [-0.39, 0.29) is 12.3 Å². The van der Waals surface area contributed by atoms with Gasteiger partial charge in [0.15, 0.2) is 0 Å². The minimum atomic E-state index is -1.07. The highest BCUT2D eigenvalue weighted by atomic mass is 35.5. The van der Waals surface area contributed by atoms with Gasteiger partial charge in [-0.25, -0.2) is 4.79 Å². The number of amides is 1. The zero-order valence-corrected chi connectivity index (χ0v) is 13.2. The Morgan fingerprint density at radius 1 is 1.33 bits per heavy atom. The van der Waals surface area contributed by atoms with Crippen molar-refractivity contribution < 1.29 is 14.7 Å². The summed E-state index contributed by atoms with van der Waals surface area (Å²) < 4.78 is 0. The van der Waals surface area contributed by atoms with Crippen LogP contribution in [0.15, 0.2) is 18.2 Å². The summed E-state index contributed by atoms with van der Waals surface area (Å²) in [5.74, 6) is -1.08. The molecule has 0 aliphatic carbocycles. The Hall–Kier alpha value is -1.26. The molecule has 0 saturated carbocycles. The number of aliphatic carboxylic acids is 1. The summed E-state index contributed by atoms with van der Waals surface area (Å²) in [5, 5.41) is 10.3. The topological polar surface area (TPSA) is 57.6 Å². The van der Waals surface area contributed by atoms with E-state index in [1.807, 2.05) is 6.07 Å². The normalized spacial score (nSPS) is 21.6. The lowest BCUT2D eigenvalue weighted by atomic mass is 9.98. The van der Waals surface area contributed by atoms with Crippen LogP contribution >= 0.6 is 23.2 Å². The number of hydrogen-bond acceptors (Lipinski definition) is 2. The molecule has 4 nitrogen and oxygen atoms in total. The van der Waals surface area contributed by atoms with Gasteiger partial charge in [-0.2, -0.15) is 0 Å². The van der Waals surface area contributed by atoms with Crippen molar-refractivity contribution in [3.63, 3.8) is 0 Å². The van der Waals surface area contributed by atoms with Gasteiger partial charge in [-0.1, -0.05) is 29.3 Å². The van der Waals surface area contributed by atoms with E-state index in [1.54, 1.807) is 19.1 Å². The van der Waals surface area contributed by atoms with Gasteiger partial charge >= 0.3 is 5.97 Å². The van der Waals surface area contributed by atoms with Gasteiger partial charge in [0.2, 0.25) is 5.91 Å². The molecular weight excluding hydrogens is 313 g/mol. The van der Waals surface area contributed by atoms with Gasteiger partial charge in [0.05, 0.1) is 10.0 Å². The standard InChI is InChI=1S/C15H17Cl2NO3/c1-15(14(20)21)7-2-8-18(15)13(19)6-4-10-3-5-11(16)12(17)9-10/h3,5,9H,2,4,6-8H2,1H3,(H,20,21). The van der Waals surface area contributed by atoms with Gasteiger partial charge in [-0.3, -0.25) is 4.79 Å². The molecule has 114 valence electrons. The molecule has 1 saturated heterocycles. The molecule has 1 unspecified atom stereocenters. The van der Waals surface area contributed by atoms with Crippen LogP contribution in [0.3, 0.4) is 0 Å². The fourth-order valence-electron chi connectivity index (χ4n) is 2.67. The molecule has 1 N–H and O–H groups in total. The van der Waals surface area contributed by atoms with Crippen molar-refractivity contribution in [2.24, 2.45) is 0 Å². The van der Waals surface area contributed by atoms with E-state index < -0.39 is 11.5 Å². The molecule has 1 aliphatic heterocycles. The molecule has 0 bridgehead atoms. The van der Waals surface area contributed by atoms with Gasteiger partial charge in [0, 0.05) is 13.0 Å². The molecule has 0 spiro atoms. The van der Waals surface area contributed by atoms with Crippen LogP contribution in [-0.2, 0) is 16.0 Å². The summed E-state index contributed by atoms with van der Waals surface area (Å²) >= 11 is 11.8. The Morgan fingerprint density at radius 3 is 2.67 bits per heavy atom. The van der Waals surface area contributed by atoms with Crippen molar-refractivity contribution in [3.05, 3.63) is 33.8 Å². The van der Waals surface area contributed by atoms with Gasteiger partial charge in [0.1, 0.15) is 5.54 Å². The first-order valence-electron chi connectivity index (χ1n) is 6.82. The predicted molar refractivity (Wildman–Crippen MR) is 81.8 cm³/mol. The molecule has 6 heteroatoms. The van der Waals surface area contributed by atoms with Crippen molar-refractivity contribution in [1.82, 2.24) is 4.90 Å². The summed E-state index contributed by atoms with van der Waals surface area (Å²) in [5.41, 5.74) is -0.164. The van der Waals surface area contributed by atoms with Gasteiger partial charge in [0.25, 0.3) is 0 Å². The van der Waals surface area contributed by atoms with E-state index in [1.165, 1.54) is 4.90 Å². The molecule has 1 aromatic rings. The maximum absolute atomic E-state index is 12.3. The van der Waals surface area contributed by atoms with E-state index >= 15 is 0 Å². The van der Waals surface area contributed by atoms with Crippen LogP contribution in [0, 0.1) is 0 Å². The zero-order chi connectivity index (χ0) is 15.6. The number of nitrogens with zero attached hydrogens (tertiary/aromatic N) is 1. The smallest absolute Gasteiger partial charge is 0.329 e. The van der Waals surface area contributed by atoms with Crippen molar-refractivity contribution in [2.45, 2.75) is 38.1 Å². The quantitative estimate of drug-likeness (QED) is 0.921. The fourth-order valence-corrected chi connectivity index (χ4v) is 2.99. The maximum Gasteiger partial charge on any atom is 0.329 e. The molecule has 1 aromatic carbocycles. The van der Waals surface area contributed by atoms with Crippen LogP contribution in [0.1, 0.15) is 31.7 Å². The summed E-state index contributed by atoms with van der Waals surface area (Å²) in [7, 11) is 0. The zero-order valence-electron chi connectivity index (χ0n) is 11.7. The number of halogens is 2. The van der Waals surface area contributed by atoms with Gasteiger partial charge in [-0.05, 0) is 43.9 Å². The molecule has 1 aliphatic rings. The lowest BCUT2D eigenvalue weighted by Gasteiger charge is -2.31. The molecule has 0 radical (unpaired) electrons. The van der Waals surface area contributed by atoms with E-state index in [0.29, 0.717) is 29.4 Å². The Balaban J connectivity index is 2.01. The highest BCUT2D eigenvalue weighted by molar-refractivity contribution is 6.42. The van der Waals surface area contributed by atoms with Crippen molar-refractivity contribution >= 4 is 35.1 Å². The highest BCUT2D eigenvalue weighted by Gasteiger charge is 2.45. The summed E-state index contributed by atoms with van der Waals surface area (Å²) in [6.45, 7) is 2.11. The SMILES string of the molecule is CC1(C(=O)O)CCCN1C(=O)CCc1ccc(Cl)c(Cl)c1. The maximum atomic E-state index is 12.3. The molecule has 21 heavy (non-hydrogen) atoms. The lowest BCUT2D eigenvalue weighted by Crippen LogP contribution is -2.50. The van der Waals surface area contributed by atoms with Crippen LogP contribution in [0.25, 0.3) is 0 Å². The van der Waals surface area contributed by atoms with Crippen LogP contribution in [0.2, 0.25) is 10.0 Å². The van der Waals surface area contributed by atoms with Crippen LogP contribution in [0.5, 0.6) is 0 Å². The van der Waals surface area contributed by atoms with Crippen molar-refractivity contribution in [2.75, 3.05) is 6.54 Å². The van der Waals surface area contributed by atoms with Crippen LogP contribution in [-0.4, -0.2) is 34.0 Å². The summed E-state index contributed by atoms with van der Waals surface area (Å²) in [4.78, 5) is 25.1. The molecule has 0 aromatic heterocycles. The van der Waals surface area contributed by atoms with Gasteiger partial charge < -0.3 is 10.0 Å². The van der Waals surface area contributed by atoms with Crippen molar-refractivity contribution in [3.8, 4) is 0 Å². The second-order valence-corrected chi connectivity index (χ2v) is 6.29. The largest absolute Gasteiger partial charge is 0.480 e. The summed E-state index contributed by atoms with van der Waals surface area (Å²) in [6, 6.07) is 5.25. The first-order valence-corrected chi connectivity index (χ1v) is 7.58. The average Bonchev–Trinajstić information content (AvgIpc) is 2.83. The molecular formula is C15H17Cl2NO3. The monoisotopic (exact) mass is 329 g/mol. The van der Waals surface area contributed by atoms with E-state index in [2.05, 4.69) is 0 Å². The molecule has 2 rings (SSSR count). The molecule has 1 amide bonds. The third-order valence-electron chi connectivity index (χ3n) is 4.01. The predicted octanol–water partition coefficient (Wildman–Crippen LogP) is 3.39. The first kappa shape index (κ1) is 16.1.